The lowest BCUT2D eigenvalue weighted by Gasteiger charge is -2.34. The molecule has 0 saturated carbocycles. The predicted molar refractivity (Wildman–Crippen MR) is 216 cm³/mol. The zero-order valence-corrected chi connectivity index (χ0v) is 33.4. The van der Waals surface area contributed by atoms with Crippen molar-refractivity contribution in [2.75, 3.05) is 26.2 Å². The summed E-state index contributed by atoms with van der Waals surface area (Å²) in [5.74, 6) is -15.0. The summed E-state index contributed by atoms with van der Waals surface area (Å²) in [6, 6.07) is 26.2. The van der Waals surface area contributed by atoms with Gasteiger partial charge in [-0.1, -0.05) is 48.5 Å². The monoisotopic (exact) mass is 818 g/mol. The van der Waals surface area contributed by atoms with E-state index in [9.17, 15) is 8.78 Å². The fourth-order valence-corrected chi connectivity index (χ4v) is 9.70. The van der Waals surface area contributed by atoms with Gasteiger partial charge in [-0.25, -0.2) is 4.98 Å². The lowest BCUT2D eigenvalue weighted by molar-refractivity contribution is -0.254. The second-order valence-corrected chi connectivity index (χ2v) is 17.5. The van der Waals surface area contributed by atoms with E-state index in [2.05, 4.69) is 14.8 Å². The first-order valence-corrected chi connectivity index (χ1v) is 20.3. The van der Waals surface area contributed by atoms with Crippen LogP contribution in [0.3, 0.4) is 0 Å². The summed E-state index contributed by atoms with van der Waals surface area (Å²) in [5.41, 5.74) is 2.21. The van der Waals surface area contributed by atoms with E-state index < -0.39 is 28.9 Å². The van der Waals surface area contributed by atoms with Gasteiger partial charge in [0.05, 0.1) is 11.4 Å². The van der Waals surface area contributed by atoms with Crippen LogP contribution in [0.5, 0.6) is 5.75 Å². The van der Waals surface area contributed by atoms with Crippen LogP contribution in [-0.2, 0) is 19.7 Å². The summed E-state index contributed by atoms with van der Waals surface area (Å²) < 4.78 is 97.7. The van der Waals surface area contributed by atoms with Gasteiger partial charge in [-0.15, -0.1) is 22.7 Å². The average molecular weight is 819 g/mol. The molecule has 6 aromatic rings. The first-order chi connectivity index (χ1) is 27.1. The third-order valence-corrected chi connectivity index (χ3v) is 12.8. The van der Waals surface area contributed by atoms with Crippen molar-refractivity contribution >= 4 is 44.7 Å². The molecule has 1 fully saturated rings. The molecule has 4 aromatic heterocycles. The minimum atomic E-state index is -5.58. The van der Waals surface area contributed by atoms with E-state index in [1.54, 1.807) is 6.92 Å². The van der Waals surface area contributed by atoms with Crippen molar-refractivity contribution in [2.45, 2.75) is 65.2 Å². The Kier molecular flexibility index (Phi) is 10.3. The second-order valence-electron chi connectivity index (χ2n) is 14.8. The molecule has 1 saturated heterocycles. The number of thiophene rings is 2. The summed E-state index contributed by atoms with van der Waals surface area (Å²) in [7, 11) is 0. The molecule has 0 unspecified atom stereocenters. The van der Waals surface area contributed by atoms with E-state index in [0.717, 1.165) is 94.7 Å². The number of hydrogen-bond donors (Lipinski definition) is 0. The van der Waals surface area contributed by atoms with Gasteiger partial charge in [-0.3, -0.25) is 14.8 Å². The van der Waals surface area contributed by atoms with Gasteiger partial charge in [0.25, 0.3) is 0 Å². The number of alkyl halides is 6. The predicted octanol–water partition coefficient (Wildman–Crippen LogP) is 11.4. The number of halogens is 6. The smallest absolute Gasteiger partial charge is 0.380 e. The van der Waals surface area contributed by atoms with Crippen LogP contribution >= 0.6 is 22.7 Å². The van der Waals surface area contributed by atoms with Gasteiger partial charge in [0.1, 0.15) is 17.9 Å². The van der Waals surface area contributed by atoms with E-state index in [1.165, 1.54) is 26.0 Å². The molecule has 0 radical (unpaired) electrons. The number of piperazine rings is 1. The number of aromatic nitrogens is 2. The summed E-state index contributed by atoms with van der Waals surface area (Å²) in [6.45, 7) is 11.8. The Hall–Kier alpha value is -4.56. The van der Waals surface area contributed by atoms with Crippen LogP contribution in [0, 0.1) is 27.7 Å². The van der Waals surface area contributed by atoms with Crippen LogP contribution in [-0.4, -0.2) is 63.7 Å². The van der Waals surface area contributed by atoms with Gasteiger partial charge in [0, 0.05) is 81.0 Å². The molecule has 1 aliphatic carbocycles. The zero-order chi connectivity index (χ0) is 40.3. The highest BCUT2D eigenvalue weighted by atomic mass is 32.1. The first-order valence-electron chi connectivity index (χ1n) is 18.7. The van der Waals surface area contributed by atoms with Gasteiger partial charge >= 0.3 is 17.8 Å². The number of hydrogen-bond acceptors (Lipinski definition) is 7. The molecule has 0 spiro atoms. The lowest BCUT2D eigenvalue weighted by Crippen LogP contribution is -2.48. The molecule has 0 bridgehead atoms. The highest BCUT2D eigenvalue weighted by molar-refractivity contribution is 7.15. The third kappa shape index (κ3) is 7.28. The molecule has 8 rings (SSSR count). The highest BCUT2D eigenvalue weighted by Gasteiger charge is 2.80. The van der Waals surface area contributed by atoms with Crippen molar-refractivity contribution in [3.05, 3.63) is 133 Å². The quantitative estimate of drug-likeness (QED) is 0.129. The number of benzene rings is 2. The molecular weight excluding hydrogens is 779 g/mol. The molecule has 2 aromatic carbocycles. The summed E-state index contributed by atoms with van der Waals surface area (Å²) in [5, 5.41) is 1.03. The fourth-order valence-electron chi connectivity index (χ4n) is 7.73. The Morgan fingerprint density at radius 2 is 1.26 bits per heavy atom. The normalized spacial score (nSPS) is 18.1. The molecule has 0 N–H and O–H groups in total. The first kappa shape index (κ1) is 39.3. The SMILES string of the molecule is Cc1ccc2cccc(OCc3cccc(CN4CCN(Cc5ccc(-c6cc(C7=C(c8cc(C)sc8C)C(F)(F)C(F)(F)C7(F)F)c(C)s6)cc5)CC4)n3)c2n1. The molecule has 1 aliphatic heterocycles. The van der Waals surface area contributed by atoms with Crippen molar-refractivity contribution in [3.63, 3.8) is 0 Å². The molecule has 5 nitrogen and oxygen atoms in total. The molecule has 13 heteroatoms. The number of aryl methyl sites for hydroxylation is 4. The topological polar surface area (TPSA) is 41.5 Å². The molecule has 2 aliphatic rings. The van der Waals surface area contributed by atoms with Gasteiger partial charge in [-0.2, -0.15) is 26.3 Å². The van der Waals surface area contributed by atoms with E-state index >= 15 is 17.6 Å². The number of rotatable bonds is 10. The minimum Gasteiger partial charge on any atom is -0.485 e. The third-order valence-electron chi connectivity index (χ3n) is 10.7. The van der Waals surface area contributed by atoms with Crippen molar-refractivity contribution < 1.29 is 31.1 Å². The lowest BCUT2D eigenvalue weighted by atomic mass is 9.95. The highest BCUT2D eigenvalue weighted by Crippen LogP contribution is 2.66. The van der Waals surface area contributed by atoms with Gasteiger partial charge in [0.15, 0.2) is 0 Å². The van der Waals surface area contributed by atoms with E-state index in [1.807, 2.05) is 79.7 Å². The van der Waals surface area contributed by atoms with E-state index in [-0.39, 0.29) is 20.9 Å². The molecule has 57 heavy (non-hydrogen) atoms. The summed E-state index contributed by atoms with van der Waals surface area (Å²) >= 11 is 2.23. The Morgan fingerprint density at radius 1 is 0.649 bits per heavy atom. The van der Waals surface area contributed by atoms with Crippen LogP contribution < -0.4 is 4.74 Å². The number of fused-ring (bicyclic) bond motifs is 1. The number of ether oxygens (including phenoxy) is 1. The van der Waals surface area contributed by atoms with Crippen LogP contribution in [0.1, 0.15) is 48.4 Å². The van der Waals surface area contributed by atoms with Gasteiger partial charge in [0.2, 0.25) is 0 Å². The maximum Gasteiger partial charge on any atom is 0.380 e. The molecular formula is C44H40F6N4OS2. The Balaban J connectivity index is 0.901. The number of nitrogens with zero attached hydrogens (tertiary/aromatic N) is 4. The fraction of sp³-hybridized carbons (Fsp3) is 0.318. The van der Waals surface area contributed by atoms with E-state index in [0.29, 0.717) is 28.5 Å². The number of allylic oxidation sites excluding steroid dienone is 2. The molecule has 5 heterocycles. The van der Waals surface area contributed by atoms with E-state index in [4.69, 9.17) is 9.72 Å². The largest absolute Gasteiger partial charge is 0.485 e. The Morgan fingerprint density at radius 3 is 1.93 bits per heavy atom. The average Bonchev–Trinajstić information content (AvgIpc) is 3.75. The molecule has 296 valence electrons. The van der Waals surface area contributed by atoms with Gasteiger partial charge in [-0.05, 0) is 86.3 Å². The maximum atomic E-state index is 15.5. The van der Waals surface area contributed by atoms with Crippen molar-refractivity contribution in [1.29, 1.82) is 0 Å². The number of para-hydroxylation sites is 1. The van der Waals surface area contributed by atoms with Gasteiger partial charge < -0.3 is 4.74 Å². The van der Waals surface area contributed by atoms with Crippen molar-refractivity contribution in [2.24, 2.45) is 0 Å². The second kappa shape index (κ2) is 15.0. The van der Waals surface area contributed by atoms with Crippen LogP contribution in [0.25, 0.3) is 32.5 Å². The van der Waals surface area contributed by atoms with Crippen LogP contribution in [0.4, 0.5) is 26.3 Å². The minimum absolute atomic E-state index is 0.260. The van der Waals surface area contributed by atoms with Crippen LogP contribution in [0.15, 0.2) is 84.9 Å². The Bertz CT molecular complexity index is 2480. The van der Waals surface area contributed by atoms with Crippen molar-refractivity contribution in [3.8, 4) is 16.2 Å². The maximum absolute atomic E-state index is 15.5. The van der Waals surface area contributed by atoms with Crippen LogP contribution in [0.2, 0.25) is 0 Å². The zero-order valence-electron chi connectivity index (χ0n) is 31.8. The summed E-state index contributed by atoms with van der Waals surface area (Å²) in [6.07, 6.45) is 0. The number of pyridine rings is 2. The summed E-state index contributed by atoms with van der Waals surface area (Å²) in [4.78, 5) is 15.9. The Labute approximate surface area is 335 Å². The standard InChI is InChI=1S/C44H40F6N4OS2/c1-26-11-14-32-7-5-10-37(41(32)51-26)55-25-34-9-6-8-33(52-34)24-54-19-17-53(18-20-54)23-30-12-15-31(16-13-30)38-22-36(29(4)57-38)40-39(35-21-27(2)56-28(35)3)42(45,46)44(49,50)43(40,47)48/h5-16,21-22H,17-20,23-25H2,1-4H3. The molecule has 0 atom stereocenters. The molecule has 0 amide bonds. The van der Waals surface area contributed by atoms with Crippen molar-refractivity contribution in [1.82, 2.24) is 19.8 Å².